The first-order valence-corrected chi connectivity index (χ1v) is 10.1. The number of nitrogens with zero attached hydrogens (tertiary/aromatic N) is 6. The van der Waals surface area contributed by atoms with Gasteiger partial charge in [-0.25, -0.2) is 0 Å². The molecule has 1 aromatic carbocycles. The normalized spacial score (nSPS) is 26.0. The van der Waals surface area contributed by atoms with E-state index in [1.807, 2.05) is 30.3 Å². The largest absolute Gasteiger partial charge is 0.342 e. The van der Waals surface area contributed by atoms with Crippen LogP contribution in [0.2, 0.25) is 0 Å². The Morgan fingerprint density at radius 1 is 1.07 bits per heavy atom. The highest BCUT2D eigenvalue weighted by Gasteiger charge is 2.49. The van der Waals surface area contributed by atoms with Crippen molar-refractivity contribution in [2.24, 2.45) is 11.3 Å². The third kappa shape index (κ3) is 2.89. The minimum absolute atomic E-state index is 0.254. The second-order valence-corrected chi connectivity index (χ2v) is 8.33. The van der Waals surface area contributed by atoms with E-state index in [0.29, 0.717) is 5.91 Å². The minimum Gasteiger partial charge on any atom is -0.342 e. The molecule has 3 heterocycles. The number of hydrogen-bond acceptors (Lipinski definition) is 5. The molecule has 1 saturated carbocycles. The predicted molar refractivity (Wildman–Crippen MR) is 102 cm³/mol. The second kappa shape index (κ2) is 6.62. The summed E-state index contributed by atoms with van der Waals surface area (Å²) in [6.07, 6.45) is 6.89. The van der Waals surface area contributed by atoms with Gasteiger partial charge in [0, 0.05) is 26.2 Å². The molecule has 142 valence electrons. The van der Waals surface area contributed by atoms with Crippen molar-refractivity contribution in [2.75, 3.05) is 31.1 Å². The molecule has 1 aliphatic carbocycles. The zero-order chi connectivity index (χ0) is 18.3. The van der Waals surface area contributed by atoms with Crippen LogP contribution in [0.5, 0.6) is 0 Å². The summed E-state index contributed by atoms with van der Waals surface area (Å²) >= 11 is 0. The molecule has 2 aliphatic heterocycles. The maximum absolute atomic E-state index is 13.3. The maximum atomic E-state index is 13.3. The van der Waals surface area contributed by atoms with Crippen LogP contribution in [0.15, 0.2) is 30.3 Å². The lowest BCUT2D eigenvalue weighted by Gasteiger charge is -2.42. The van der Waals surface area contributed by atoms with E-state index in [2.05, 4.69) is 25.3 Å². The molecule has 3 fully saturated rings. The standard InChI is InChI=1S/C20H26N6O/c27-18-20(10-5-12-24(18)14-16-6-4-7-16)11-13-25(15-20)19-21-22-23-26(19)17-8-2-1-3-9-17/h1-3,8-9,16H,4-7,10-15H2. The van der Waals surface area contributed by atoms with E-state index in [1.165, 1.54) is 19.3 Å². The fraction of sp³-hybridized carbons (Fsp3) is 0.600. The molecule has 7 nitrogen and oxygen atoms in total. The van der Waals surface area contributed by atoms with E-state index in [4.69, 9.17) is 0 Å². The van der Waals surface area contributed by atoms with Crippen molar-refractivity contribution >= 4 is 11.9 Å². The Morgan fingerprint density at radius 2 is 1.93 bits per heavy atom. The molecule has 27 heavy (non-hydrogen) atoms. The number of carbonyl (C=O) groups is 1. The van der Waals surface area contributed by atoms with Crippen LogP contribution < -0.4 is 4.90 Å². The lowest BCUT2D eigenvalue weighted by atomic mass is 9.77. The van der Waals surface area contributed by atoms with Crippen LogP contribution in [0.1, 0.15) is 38.5 Å². The monoisotopic (exact) mass is 366 g/mol. The predicted octanol–water partition coefficient (Wildman–Crippen LogP) is 2.28. The Hall–Kier alpha value is -2.44. The minimum atomic E-state index is -0.254. The van der Waals surface area contributed by atoms with Crippen LogP contribution >= 0.6 is 0 Å². The first-order chi connectivity index (χ1) is 13.3. The molecule has 5 rings (SSSR count). The van der Waals surface area contributed by atoms with Crippen LogP contribution in [-0.4, -0.2) is 57.2 Å². The lowest BCUT2D eigenvalue weighted by molar-refractivity contribution is -0.146. The number of likely N-dealkylation sites (tertiary alicyclic amines) is 1. The Balaban J connectivity index is 1.35. The number of anilines is 1. The summed E-state index contributed by atoms with van der Waals surface area (Å²) in [4.78, 5) is 17.7. The summed E-state index contributed by atoms with van der Waals surface area (Å²) in [6.45, 7) is 3.44. The molecular formula is C20H26N6O. The Bertz CT molecular complexity index is 817. The van der Waals surface area contributed by atoms with Crippen molar-refractivity contribution in [3.05, 3.63) is 30.3 Å². The smallest absolute Gasteiger partial charge is 0.250 e. The highest BCUT2D eigenvalue weighted by molar-refractivity contribution is 5.85. The van der Waals surface area contributed by atoms with Crippen LogP contribution in [-0.2, 0) is 4.79 Å². The molecule has 0 bridgehead atoms. The molecule has 1 aromatic heterocycles. The van der Waals surface area contributed by atoms with Gasteiger partial charge < -0.3 is 9.80 Å². The maximum Gasteiger partial charge on any atom is 0.250 e. The van der Waals surface area contributed by atoms with E-state index >= 15 is 0 Å². The topological polar surface area (TPSA) is 67.2 Å². The number of aromatic nitrogens is 4. The van der Waals surface area contributed by atoms with Crippen molar-refractivity contribution in [1.82, 2.24) is 25.1 Å². The Morgan fingerprint density at radius 3 is 2.70 bits per heavy atom. The van der Waals surface area contributed by atoms with Gasteiger partial charge in [0.05, 0.1) is 11.1 Å². The molecule has 1 atom stereocenters. The average Bonchev–Trinajstić information content (AvgIpc) is 3.30. The highest BCUT2D eigenvalue weighted by atomic mass is 16.2. The molecule has 3 aliphatic rings. The number of amides is 1. The summed E-state index contributed by atoms with van der Waals surface area (Å²) in [6, 6.07) is 9.94. The molecule has 1 spiro atoms. The van der Waals surface area contributed by atoms with Gasteiger partial charge in [-0.3, -0.25) is 4.79 Å². The SMILES string of the molecule is O=C1N(CC2CCC2)CCCC12CCN(c1nnnn1-c1ccccc1)C2. The van der Waals surface area contributed by atoms with Gasteiger partial charge in [0.25, 0.3) is 0 Å². The van der Waals surface area contributed by atoms with Crippen molar-refractivity contribution in [3.63, 3.8) is 0 Å². The lowest BCUT2D eigenvalue weighted by Crippen LogP contribution is -2.52. The zero-order valence-electron chi connectivity index (χ0n) is 15.6. The van der Waals surface area contributed by atoms with E-state index in [1.54, 1.807) is 4.68 Å². The number of piperidine rings is 1. The second-order valence-electron chi connectivity index (χ2n) is 8.33. The molecule has 0 N–H and O–H groups in total. The number of rotatable bonds is 4. The van der Waals surface area contributed by atoms with Crippen molar-refractivity contribution < 1.29 is 4.79 Å². The molecule has 0 radical (unpaired) electrons. The van der Waals surface area contributed by atoms with Gasteiger partial charge in [-0.2, -0.15) is 4.68 Å². The molecule has 7 heteroatoms. The molecular weight excluding hydrogens is 340 g/mol. The van der Waals surface area contributed by atoms with Crippen LogP contribution in [0.4, 0.5) is 5.95 Å². The number of tetrazole rings is 1. The average molecular weight is 366 g/mol. The molecule has 2 aromatic rings. The zero-order valence-corrected chi connectivity index (χ0v) is 15.6. The van der Waals surface area contributed by atoms with Crippen molar-refractivity contribution in [1.29, 1.82) is 0 Å². The summed E-state index contributed by atoms with van der Waals surface area (Å²) in [5, 5.41) is 12.3. The molecule has 1 amide bonds. The summed E-state index contributed by atoms with van der Waals surface area (Å²) in [5.41, 5.74) is 0.690. The van der Waals surface area contributed by atoms with E-state index in [9.17, 15) is 4.79 Å². The van der Waals surface area contributed by atoms with Gasteiger partial charge in [0.1, 0.15) is 0 Å². The summed E-state index contributed by atoms with van der Waals surface area (Å²) < 4.78 is 1.78. The number of carbonyl (C=O) groups excluding carboxylic acids is 1. The van der Waals surface area contributed by atoms with Gasteiger partial charge in [-0.1, -0.05) is 29.7 Å². The fourth-order valence-electron chi connectivity index (χ4n) is 4.85. The summed E-state index contributed by atoms with van der Waals surface area (Å²) in [5.74, 6) is 1.83. The third-order valence-corrected chi connectivity index (χ3v) is 6.62. The first-order valence-electron chi connectivity index (χ1n) is 10.1. The van der Waals surface area contributed by atoms with Gasteiger partial charge in [-0.05, 0) is 60.6 Å². The van der Waals surface area contributed by atoms with Gasteiger partial charge in [-0.15, -0.1) is 0 Å². The molecule has 2 saturated heterocycles. The fourth-order valence-corrected chi connectivity index (χ4v) is 4.85. The Labute approximate surface area is 159 Å². The van der Waals surface area contributed by atoms with Crippen molar-refractivity contribution in [3.8, 4) is 5.69 Å². The Kier molecular flexibility index (Phi) is 4.10. The quantitative estimate of drug-likeness (QED) is 0.830. The van der Waals surface area contributed by atoms with Crippen molar-refractivity contribution in [2.45, 2.75) is 38.5 Å². The number of hydrogen-bond donors (Lipinski definition) is 0. The van der Waals surface area contributed by atoms with Crippen LogP contribution in [0.25, 0.3) is 5.69 Å². The number of benzene rings is 1. The highest BCUT2D eigenvalue weighted by Crippen LogP contribution is 2.42. The van der Waals surface area contributed by atoms with E-state index in [0.717, 1.165) is 63.0 Å². The first kappa shape index (κ1) is 16.7. The summed E-state index contributed by atoms with van der Waals surface area (Å²) in [7, 11) is 0. The van der Waals surface area contributed by atoms with Gasteiger partial charge in [0.15, 0.2) is 0 Å². The van der Waals surface area contributed by atoms with Crippen LogP contribution in [0.3, 0.4) is 0 Å². The third-order valence-electron chi connectivity index (χ3n) is 6.62. The number of para-hydroxylation sites is 1. The van der Waals surface area contributed by atoms with Gasteiger partial charge >= 0.3 is 0 Å². The van der Waals surface area contributed by atoms with Gasteiger partial charge in [0.2, 0.25) is 11.9 Å². The molecule has 1 unspecified atom stereocenters. The van der Waals surface area contributed by atoms with E-state index in [-0.39, 0.29) is 5.41 Å². The van der Waals surface area contributed by atoms with Crippen LogP contribution in [0, 0.1) is 11.3 Å². The van der Waals surface area contributed by atoms with E-state index < -0.39 is 0 Å².